The van der Waals surface area contributed by atoms with Crippen molar-refractivity contribution >= 4 is 0 Å². The summed E-state index contributed by atoms with van der Waals surface area (Å²) in [7, 11) is 0. The van der Waals surface area contributed by atoms with E-state index in [0.717, 1.165) is 5.56 Å². The first kappa shape index (κ1) is 14.2. The predicted molar refractivity (Wildman–Crippen MR) is 71.6 cm³/mol. The van der Waals surface area contributed by atoms with Gasteiger partial charge in [-0.1, -0.05) is 38.8 Å². The van der Waals surface area contributed by atoms with Crippen LogP contribution in [0.4, 0.5) is 4.39 Å². The van der Waals surface area contributed by atoms with E-state index in [1.54, 1.807) is 12.1 Å². The fourth-order valence-corrected chi connectivity index (χ4v) is 2.23. The molecule has 0 spiro atoms. The number of rotatable bonds is 7. The van der Waals surface area contributed by atoms with E-state index in [1.807, 2.05) is 6.07 Å². The molecule has 0 bridgehead atoms. The Hall–Kier alpha value is -0.890. The largest absolute Gasteiger partial charge is 0.307 e. The summed E-state index contributed by atoms with van der Waals surface area (Å²) in [6.45, 7) is 6.52. The van der Waals surface area contributed by atoms with E-state index in [1.165, 1.54) is 31.7 Å². The number of hydrogen-bond donors (Lipinski definition) is 1. The van der Waals surface area contributed by atoms with Crippen LogP contribution in [0.2, 0.25) is 0 Å². The Balaban J connectivity index is 2.59. The van der Waals surface area contributed by atoms with Gasteiger partial charge >= 0.3 is 0 Å². The molecular formula is C15H24FN. The molecule has 0 saturated heterocycles. The Morgan fingerprint density at radius 2 is 1.82 bits per heavy atom. The number of halogens is 1. The molecule has 1 nitrogen and oxygen atoms in total. The molecule has 0 aliphatic carbocycles. The van der Waals surface area contributed by atoms with Crippen LogP contribution in [0, 0.1) is 5.82 Å². The minimum absolute atomic E-state index is 0.154. The van der Waals surface area contributed by atoms with Gasteiger partial charge in [-0.15, -0.1) is 0 Å². The predicted octanol–water partition coefficient (Wildman–Crippen LogP) is 4.45. The zero-order chi connectivity index (χ0) is 12.7. The van der Waals surface area contributed by atoms with E-state index in [0.29, 0.717) is 6.04 Å². The van der Waals surface area contributed by atoms with Gasteiger partial charge in [0.05, 0.1) is 0 Å². The highest BCUT2D eigenvalue weighted by Gasteiger charge is 2.12. The fourth-order valence-electron chi connectivity index (χ4n) is 2.23. The lowest BCUT2D eigenvalue weighted by Crippen LogP contribution is -2.31. The molecule has 0 amide bonds. The van der Waals surface area contributed by atoms with Crippen LogP contribution < -0.4 is 5.32 Å². The normalized spacial score (nSPS) is 13.0. The maximum absolute atomic E-state index is 13.1. The van der Waals surface area contributed by atoms with Gasteiger partial charge in [-0.2, -0.15) is 0 Å². The second kappa shape index (κ2) is 7.44. The SMILES string of the molecule is CCCC(CCC)NC(C)c1cccc(F)c1. The summed E-state index contributed by atoms with van der Waals surface area (Å²) in [6.07, 6.45) is 4.75. The molecule has 1 aromatic carbocycles. The first-order valence-corrected chi connectivity index (χ1v) is 6.68. The molecule has 1 aromatic rings. The number of nitrogens with one attached hydrogen (secondary N) is 1. The van der Waals surface area contributed by atoms with Gasteiger partial charge in [-0.05, 0) is 37.5 Å². The molecule has 2 heteroatoms. The monoisotopic (exact) mass is 237 g/mol. The zero-order valence-corrected chi connectivity index (χ0v) is 11.2. The van der Waals surface area contributed by atoms with Gasteiger partial charge in [0.2, 0.25) is 0 Å². The molecule has 0 aromatic heterocycles. The van der Waals surface area contributed by atoms with Gasteiger partial charge in [-0.3, -0.25) is 0 Å². The van der Waals surface area contributed by atoms with Gasteiger partial charge in [-0.25, -0.2) is 4.39 Å². The standard InChI is InChI=1S/C15H24FN/c1-4-7-15(8-5-2)17-12(3)13-9-6-10-14(16)11-13/h6,9-12,15,17H,4-5,7-8H2,1-3H3. The van der Waals surface area contributed by atoms with Crippen molar-refractivity contribution in [2.45, 2.75) is 58.5 Å². The summed E-state index contributed by atoms with van der Waals surface area (Å²) in [5.41, 5.74) is 1.03. The van der Waals surface area contributed by atoms with E-state index < -0.39 is 0 Å². The van der Waals surface area contributed by atoms with Crippen LogP contribution in [-0.4, -0.2) is 6.04 Å². The summed E-state index contributed by atoms with van der Waals surface area (Å²) in [5.74, 6) is -0.154. The summed E-state index contributed by atoms with van der Waals surface area (Å²) in [6, 6.07) is 7.63. The van der Waals surface area contributed by atoms with Crippen molar-refractivity contribution in [2.24, 2.45) is 0 Å². The molecule has 0 fully saturated rings. The van der Waals surface area contributed by atoms with Crippen LogP contribution in [0.15, 0.2) is 24.3 Å². The molecule has 1 N–H and O–H groups in total. The van der Waals surface area contributed by atoms with Crippen molar-refractivity contribution in [1.82, 2.24) is 5.32 Å². The Morgan fingerprint density at radius 1 is 1.18 bits per heavy atom. The molecular weight excluding hydrogens is 213 g/mol. The summed E-state index contributed by atoms with van der Waals surface area (Å²) in [4.78, 5) is 0. The molecule has 0 saturated carbocycles. The molecule has 96 valence electrons. The quantitative estimate of drug-likeness (QED) is 0.739. The van der Waals surface area contributed by atoms with Gasteiger partial charge in [0, 0.05) is 12.1 Å². The van der Waals surface area contributed by atoms with E-state index in [9.17, 15) is 4.39 Å². The lowest BCUT2D eigenvalue weighted by atomic mass is 10.0. The van der Waals surface area contributed by atoms with Crippen LogP contribution in [0.3, 0.4) is 0 Å². The topological polar surface area (TPSA) is 12.0 Å². The van der Waals surface area contributed by atoms with Crippen molar-refractivity contribution in [3.05, 3.63) is 35.6 Å². The van der Waals surface area contributed by atoms with Crippen molar-refractivity contribution in [2.75, 3.05) is 0 Å². The molecule has 0 heterocycles. The molecule has 0 radical (unpaired) electrons. The molecule has 0 aliphatic heterocycles. The molecule has 1 atom stereocenters. The molecule has 0 aliphatic rings. The summed E-state index contributed by atoms with van der Waals surface area (Å²) >= 11 is 0. The second-order valence-corrected chi connectivity index (χ2v) is 4.72. The van der Waals surface area contributed by atoms with Crippen LogP contribution in [0.25, 0.3) is 0 Å². The summed E-state index contributed by atoms with van der Waals surface area (Å²) in [5, 5.41) is 3.60. The average Bonchev–Trinajstić information content (AvgIpc) is 2.29. The number of hydrogen-bond acceptors (Lipinski definition) is 1. The van der Waals surface area contributed by atoms with E-state index >= 15 is 0 Å². The first-order valence-electron chi connectivity index (χ1n) is 6.68. The molecule has 1 rings (SSSR count). The van der Waals surface area contributed by atoms with Gasteiger partial charge in [0.15, 0.2) is 0 Å². The highest BCUT2D eigenvalue weighted by molar-refractivity contribution is 5.19. The highest BCUT2D eigenvalue weighted by Crippen LogP contribution is 2.16. The second-order valence-electron chi connectivity index (χ2n) is 4.72. The third-order valence-corrected chi connectivity index (χ3v) is 3.11. The van der Waals surface area contributed by atoms with Gasteiger partial charge < -0.3 is 5.32 Å². The van der Waals surface area contributed by atoms with E-state index in [2.05, 4.69) is 26.1 Å². The van der Waals surface area contributed by atoms with Crippen LogP contribution in [0.5, 0.6) is 0 Å². The maximum Gasteiger partial charge on any atom is 0.123 e. The fraction of sp³-hybridized carbons (Fsp3) is 0.600. The minimum atomic E-state index is -0.154. The van der Waals surface area contributed by atoms with Gasteiger partial charge in [0.25, 0.3) is 0 Å². The lowest BCUT2D eigenvalue weighted by Gasteiger charge is -2.23. The van der Waals surface area contributed by atoms with Crippen LogP contribution in [-0.2, 0) is 0 Å². The van der Waals surface area contributed by atoms with Gasteiger partial charge in [0.1, 0.15) is 5.82 Å². The third-order valence-electron chi connectivity index (χ3n) is 3.11. The number of benzene rings is 1. The van der Waals surface area contributed by atoms with E-state index in [-0.39, 0.29) is 11.9 Å². The zero-order valence-electron chi connectivity index (χ0n) is 11.2. The smallest absolute Gasteiger partial charge is 0.123 e. The molecule has 17 heavy (non-hydrogen) atoms. The van der Waals surface area contributed by atoms with Crippen molar-refractivity contribution in [1.29, 1.82) is 0 Å². The average molecular weight is 237 g/mol. The Morgan fingerprint density at radius 3 is 2.35 bits per heavy atom. The van der Waals surface area contributed by atoms with Crippen molar-refractivity contribution in [3.63, 3.8) is 0 Å². The Bertz CT molecular complexity index is 318. The highest BCUT2D eigenvalue weighted by atomic mass is 19.1. The Labute approximate surface area is 104 Å². The van der Waals surface area contributed by atoms with Crippen molar-refractivity contribution < 1.29 is 4.39 Å². The lowest BCUT2D eigenvalue weighted by molar-refractivity contribution is 0.402. The molecule has 1 unspecified atom stereocenters. The van der Waals surface area contributed by atoms with Crippen molar-refractivity contribution in [3.8, 4) is 0 Å². The maximum atomic E-state index is 13.1. The van der Waals surface area contributed by atoms with E-state index in [4.69, 9.17) is 0 Å². The van der Waals surface area contributed by atoms with Crippen LogP contribution in [0.1, 0.15) is 58.1 Å². The third kappa shape index (κ3) is 4.86. The Kier molecular flexibility index (Phi) is 6.20. The van der Waals surface area contributed by atoms with Crippen LogP contribution >= 0.6 is 0 Å². The minimum Gasteiger partial charge on any atom is -0.307 e. The first-order chi connectivity index (χ1) is 8.17. The summed E-state index contributed by atoms with van der Waals surface area (Å²) < 4.78 is 13.1.